The van der Waals surface area contributed by atoms with Crippen LogP contribution in [0.1, 0.15) is 5.56 Å². The fraction of sp³-hybridized carbons (Fsp3) is 0. The standard InChI is InChI=1S/C7H6N.H2O.3O.Re/c1-2-7-3-5-8-6-4-7;;;;;/h2-5H,1H2;1H2;;;;/q-1;;;;;+1/p-1. The molecular weight excluding hydrogens is 348 g/mol. The van der Waals surface area contributed by atoms with Crippen LogP contribution in [0, 0.1) is 6.20 Å². The predicted octanol–water partition coefficient (Wildman–Crippen LogP) is 0.609. The molecule has 0 fully saturated rings. The molecule has 0 spiro atoms. The molecule has 0 aliphatic heterocycles. The molecule has 72 valence electrons. The van der Waals surface area contributed by atoms with Crippen LogP contribution in [0.4, 0.5) is 0 Å². The third-order valence-electron chi connectivity index (χ3n) is 0.883. The Labute approximate surface area is 78.1 Å². The third kappa shape index (κ3) is 10.9. The van der Waals surface area contributed by atoms with Crippen molar-refractivity contribution in [1.29, 1.82) is 0 Å². The second kappa shape index (κ2) is 5.54. The molecule has 1 aromatic heterocycles. The first-order chi connectivity index (χ1) is 5.93. The Bertz CT molecular complexity index is 390. The summed E-state index contributed by atoms with van der Waals surface area (Å²) < 4.78 is 33.3. The molecule has 1 heterocycles. The maximum absolute atomic E-state index is 8.75. The Morgan fingerprint density at radius 1 is 1.54 bits per heavy atom. The van der Waals surface area contributed by atoms with Crippen LogP contribution < -0.4 is 0 Å². The summed E-state index contributed by atoms with van der Waals surface area (Å²) in [7, 11) is 0. The van der Waals surface area contributed by atoms with Gasteiger partial charge in [-0.3, -0.25) is 0 Å². The van der Waals surface area contributed by atoms with Crippen molar-refractivity contribution in [3.8, 4) is 0 Å². The van der Waals surface area contributed by atoms with E-state index in [-0.39, 0.29) is 0 Å². The van der Waals surface area contributed by atoms with Gasteiger partial charge in [-0.25, -0.2) is 0 Å². The van der Waals surface area contributed by atoms with Gasteiger partial charge in [0.25, 0.3) is 0 Å². The summed E-state index contributed by atoms with van der Waals surface area (Å²) in [6.45, 7) is 3.58. The van der Waals surface area contributed by atoms with Crippen LogP contribution in [0.5, 0.6) is 0 Å². The van der Waals surface area contributed by atoms with Crippen LogP contribution in [0.2, 0.25) is 0 Å². The van der Waals surface area contributed by atoms with E-state index in [1.807, 2.05) is 6.07 Å². The zero-order valence-corrected chi connectivity index (χ0v) is 9.23. The first-order valence-corrected chi connectivity index (χ1v) is 7.55. The summed E-state index contributed by atoms with van der Waals surface area (Å²) in [5.74, 6) is 0. The molecule has 0 aromatic carbocycles. The molecule has 5 nitrogen and oxygen atoms in total. The first-order valence-electron chi connectivity index (χ1n) is 3.01. The molecule has 0 unspecified atom stereocenters. The van der Waals surface area contributed by atoms with Crippen molar-refractivity contribution in [2.24, 2.45) is 0 Å². The Hall–Kier alpha value is -1.09. The Kier molecular flexibility index (Phi) is 5.08. The molecule has 13 heavy (non-hydrogen) atoms. The SMILES string of the molecule is C=Cc1c[c-]ncc1.[O]=[Re](=[O])(=[O])[OH]. The summed E-state index contributed by atoms with van der Waals surface area (Å²) in [6, 6.07) is 3.66. The van der Waals surface area contributed by atoms with Gasteiger partial charge in [0.05, 0.1) is 0 Å². The minimum absolute atomic E-state index is 1.06. The zero-order chi connectivity index (χ0) is 10.3. The van der Waals surface area contributed by atoms with Crippen molar-refractivity contribution < 1.29 is 30.0 Å². The summed E-state index contributed by atoms with van der Waals surface area (Å²) in [6.07, 6.45) is 6.14. The molecule has 0 radical (unpaired) electrons. The van der Waals surface area contributed by atoms with E-state index in [2.05, 4.69) is 17.8 Å². The molecular formula is C7H7NO4Re-. The summed E-state index contributed by atoms with van der Waals surface area (Å²) >= 11 is -5.86. The van der Waals surface area contributed by atoms with Crippen LogP contribution in [0.25, 0.3) is 6.08 Å². The maximum atomic E-state index is 8.75. The van der Waals surface area contributed by atoms with Crippen molar-refractivity contribution in [2.45, 2.75) is 0 Å². The number of aromatic nitrogens is 1. The second-order valence-electron chi connectivity index (χ2n) is 1.82. The minimum atomic E-state index is -5.86. The van der Waals surface area contributed by atoms with E-state index in [1.54, 1.807) is 18.3 Å². The number of hydrogen-bond acceptors (Lipinski definition) is 4. The topological polar surface area (TPSA) is 84.3 Å². The monoisotopic (exact) mass is 356 g/mol. The quantitative estimate of drug-likeness (QED) is 0.746. The normalized spacial score (nSPS) is 9.62. The van der Waals surface area contributed by atoms with E-state index in [0.717, 1.165) is 5.56 Å². The predicted molar refractivity (Wildman–Crippen MR) is 37.4 cm³/mol. The van der Waals surface area contributed by atoms with Crippen molar-refractivity contribution in [3.63, 3.8) is 0 Å². The molecule has 1 aromatic rings. The van der Waals surface area contributed by atoms with E-state index in [1.165, 1.54) is 0 Å². The molecule has 1 N–H and O–H groups in total. The molecule has 0 aliphatic carbocycles. The number of nitrogens with zero attached hydrogens (tertiary/aromatic N) is 1. The average Bonchev–Trinajstić information content (AvgIpc) is 2.03. The van der Waals surface area contributed by atoms with Crippen LogP contribution in [0.3, 0.4) is 0 Å². The second-order valence-corrected chi connectivity index (χ2v) is 4.66. The van der Waals surface area contributed by atoms with Crippen molar-refractivity contribution in [2.75, 3.05) is 0 Å². The van der Waals surface area contributed by atoms with Crippen LogP contribution >= 0.6 is 0 Å². The van der Waals surface area contributed by atoms with Crippen LogP contribution in [0.15, 0.2) is 24.9 Å². The molecule has 6 heteroatoms. The Morgan fingerprint density at radius 2 is 2.08 bits per heavy atom. The van der Waals surface area contributed by atoms with Gasteiger partial charge in [0.2, 0.25) is 0 Å². The van der Waals surface area contributed by atoms with Gasteiger partial charge < -0.3 is 4.98 Å². The van der Waals surface area contributed by atoms with E-state index in [4.69, 9.17) is 14.2 Å². The average molecular weight is 355 g/mol. The zero-order valence-electron chi connectivity index (χ0n) is 6.51. The van der Waals surface area contributed by atoms with E-state index < -0.39 is 15.8 Å². The molecule has 0 bridgehead atoms. The van der Waals surface area contributed by atoms with Gasteiger partial charge in [0, 0.05) is 0 Å². The van der Waals surface area contributed by atoms with Crippen molar-refractivity contribution >= 4 is 6.08 Å². The van der Waals surface area contributed by atoms with Crippen molar-refractivity contribution in [3.05, 3.63) is 36.7 Å². The van der Waals surface area contributed by atoms with Gasteiger partial charge >= 0.3 is 30.0 Å². The molecule has 1 rings (SSSR count). The fourth-order valence-electron chi connectivity index (χ4n) is 0.453. The number of pyridine rings is 1. The van der Waals surface area contributed by atoms with Gasteiger partial charge in [-0.1, -0.05) is 12.4 Å². The van der Waals surface area contributed by atoms with Gasteiger partial charge in [0.1, 0.15) is 0 Å². The van der Waals surface area contributed by atoms with Gasteiger partial charge in [-0.05, 0) is 0 Å². The molecule has 0 aliphatic rings. The van der Waals surface area contributed by atoms with Gasteiger partial charge in [-0.2, -0.15) is 6.07 Å². The summed E-state index contributed by atoms with van der Waals surface area (Å²) in [5, 5.41) is 0. The molecule has 0 saturated carbocycles. The Balaban J connectivity index is 0.000000252. The van der Waals surface area contributed by atoms with Gasteiger partial charge in [-0.15, -0.1) is 24.3 Å². The van der Waals surface area contributed by atoms with E-state index in [9.17, 15) is 0 Å². The molecule has 0 amide bonds. The van der Waals surface area contributed by atoms with Gasteiger partial charge in [0.15, 0.2) is 0 Å². The fourth-order valence-corrected chi connectivity index (χ4v) is 0.453. The van der Waals surface area contributed by atoms with E-state index in [0.29, 0.717) is 0 Å². The number of hydrogen-bond donors (Lipinski definition) is 1. The van der Waals surface area contributed by atoms with Crippen LogP contribution in [-0.2, 0) is 26.2 Å². The molecule has 0 atom stereocenters. The summed E-state index contributed by atoms with van der Waals surface area (Å²) in [4.78, 5) is 3.72. The number of rotatable bonds is 1. The Morgan fingerprint density at radius 3 is 2.31 bits per heavy atom. The van der Waals surface area contributed by atoms with Crippen LogP contribution in [-0.4, -0.2) is 8.81 Å². The molecule has 0 saturated heterocycles. The van der Waals surface area contributed by atoms with Crippen molar-refractivity contribution in [1.82, 2.24) is 4.98 Å². The summed E-state index contributed by atoms with van der Waals surface area (Å²) in [5.41, 5.74) is 1.06. The van der Waals surface area contributed by atoms with E-state index >= 15 is 0 Å². The first kappa shape index (κ1) is 11.9. The third-order valence-corrected chi connectivity index (χ3v) is 0.883.